The second-order valence-corrected chi connectivity index (χ2v) is 20.8. The number of carbonyl (C=O) groups is 1. The maximum absolute atomic E-state index is 15.2. The second-order valence-electron chi connectivity index (χ2n) is 18.6. The van der Waals surface area contributed by atoms with E-state index in [2.05, 4.69) is 87.8 Å². The van der Waals surface area contributed by atoms with Crippen LogP contribution in [0.15, 0.2) is 65.7 Å². The number of ketones is 1. The predicted octanol–water partition coefficient (Wildman–Crippen LogP) is 9.20. The SMILES string of the molecule is CC#Cc1ccc(-c2ccc(C(=O)C3CCC4CC35CC(C3C#Cc6c(cc(O)cc6NCC(C)(O)Cc6cccc(c6)C3)CC4NC(N)=NC)C3(CCCC3)C5)s2)s1. The molecule has 7 atom stereocenters. The van der Waals surface area contributed by atoms with E-state index in [-0.39, 0.29) is 40.4 Å². The van der Waals surface area contributed by atoms with E-state index in [4.69, 9.17) is 5.73 Å². The molecule has 7 nitrogen and oxygen atoms in total. The molecule has 6 N–H and O–H groups in total. The molecule has 7 bridgehead atoms. The number of aliphatic imine (C=N–C) groups is 1. The van der Waals surface area contributed by atoms with Gasteiger partial charge in [0.25, 0.3) is 0 Å². The zero-order chi connectivity index (χ0) is 40.9. The van der Waals surface area contributed by atoms with Gasteiger partial charge in [-0.05, 0) is 141 Å². The molecule has 59 heavy (non-hydrogen) atoms. The molecule has 2 spiro atoms. The van der Waals surface area contributed by atoms with Gasteiger partial charge in [-0.25, -0.2) is 0 Å². The number of guanidine groups is 1. The van der Waals surface area contributed by atoms with Crippen molar-refractivity contribution in [3.8, 4) is 39.2 Å². The van der Waals surface area contributed by atoms with Gasteiger partial charge in [-0.3, -0.25) is 9.79 Å². The average Bonchev–Trinajstić information content (AvgIpc) is 4.03. The number of hydrogen-bond donors (Lipinski definition) is 5. The van der Waals surface area contributed by atoms with Crippen LogP contribution in [-0.4, -0.2) is 47.2 Å². The van der Waals surface area contributed by atoms with Gasteiger partial charge in [0.15, 0.2) is 11.7 Å². The quantitative estimate of drug-likeness (QED) is 0.0606. The molecule has 5 aliphatic rings. The molecule has 2 aromatic carbocycles. The van der Waals surface area contributed by atoms with Gasteiger partial charge in [0.1, 0.15) is 5.75 Å². The lowest BCUT2D eigenvalue weighted by Crippen LogP contribution is -2.50. The summed E-state index contributed by atoms with van der Waals surface area (Å²) in [6.45, 7) is 4.04. The number of rotatable bonds is 4. The Morgan fingerprint density at radius 2 is 1.80 bits per heavy atom. The van der Waals surface area contributed by atoms with Crippen LogP contribution in [0.1, 0.15) is 108 Å². The molecule has 0 amide bonds. The zero-order valence-corrected chi connectivity index (χ0v) is 36.1. The zero-order valence-electron chi connectivity index (χ0n) is 34.5. The molecule has 9 heteroatoms. The lowest BCUT2D eigenvalue weighted by atomic mass is 9.58. The van der Waals surface area contributed by atoms with E-state index < -0.39 is 5.60 Å². The second kappa shape index (κ2) is 15.8. The summed E-state index contributed by atoms with van der Waals surface area (Å²) in [6, 6.07) is 20.7. The van der Waals surface area contributed by atoms with Gasteiger partial charge in [0, 0.05) is 53.7 Å². The van der Waals surface area contributed by atoms with Crippen LogP contribution in [0.25, 0.3) is 9.75 Å². The van der Waals surface area contributed by atoms with Crippen LogP contribution in [0.5, 0.6) is 5.75 Å². The van der Waals surface area contributed by atoms with Crippen molar-refractivity contribution < 1.29 is 15.0 Å². The van der Waals surface area contributed by atoms with E-state index in [1.807, 2.05) is 19.9 Å². The molecule has 3 saturated carbocycles. The molecule has 7 unspecified atom stereocenters. The number of phenolic OH excluding ortho intramolecular Hbond substituents is 1. The van der Waals surface area contributed by atoms with E-state index in [9.17, 15) is 10.2 Å². The number of thiophene rings is 2. The number of phenols is 1. The maximum Gasteiger partial charge on any atom is 0.188 e. The third kappa shape index (κ3) is 7.83. The van der Waals surface area contributed by atoms with Crippen LogP contribution in [-0.2, 0) is 19.3 Å². The summed E-state index contributed by atoms with van der Waals surface area (Å²) in [5.41, 5.74) is 10.3. The highest BCUT2D eigenvalue weighted by Gasteiger charge is 2.62. The van der Waals surface area contributed by atoms with Gasteiger partial charge in [0.2, 0.25) is 0 Å². The molecular weight excluding hydrogens is 769 g/mol. The Kier molecular flexibility index (Phi) is 10.7. The highest BCUT2D eigenvalue weighted by Crippen LogP contribution is 2.69. The maximum atomic E-state index is 15.2. The molecular formula is C50H56N4O3S2. The fourth-order valence-electron chi connectivity index (χ4n) is 12.1. The number of nitrogens with two attached hydrogens (primary N) is 1. The van der Waals surface area contributed by atoms with Crippen molar-refractivity contribution in [2.24, 2.45) is 45.2 Å². The van der Waals surface area contributed by atoms with Crippen molar-refractivity contribution >= 4 is 40.1 Å². The molecule has 0 radical (unpaired) electrons. The van der Waals surface area contributed by atoms with Crippen molar-refractivity contribution in [2.75, 3.05) is 18.9 Å². The van der Waals surface area contributed by atoms with Gasteiger partial charge in [0.05, 0.1) is 26.6 Å². The van der Waals surface area contributed by atoms with E-state index in [0.717, 1.165) is 80.4 Å². The standard InChI is InChI=1S/C50H56N4O3S2/c1-4-8-37-13-16-43(58-37)44-17-18-45(59-44)46(56)39-15-12-34-27-50(39)28-40(49(29-50)19-5-6-20-49)33-11-14-38-35(24-41(34)54-47(51)52-3)23-36(55)25-42(38)53-30-48(2,57)26-32-10-7-9-31(21-32)22-33/h7,9-10,13,16-18,21,23,25,33-34,39-41,53,55,57H,5-6,12,15,19-20,22,24,26-30H2,1-3H3,(H3,51,52,54). The molecule has 3 fully saturated rings. The number of nitrogens with zero attached hydrogens (tertiary/aromatic N) is 1. The van der Waals surface area contributed by atoms with Crippen molar-refractivity contribution in [1.82, 2.24) is 5.32 Å². The number of fused-ring (bicyclic) bond motifs is 7. The van der Waals surface area contributed by atoms with Crippen LogP contribution in [0.2, 0.25) is 0 Å². The summed E-state index contributed by atoms with van der Waals surface area (Å²) in [7, 11) is 1.71. The molecule has 4 aromatic rings. The number of carbonyl (C=O) groups excluding carboxylic acids is 1. The van der Waals surface area contributed by atoms with Gasteiger partial charge in [-0.2, -0.15) is 0 Å². The predicted molar refractivity (Wildman–Crippen MR) is 241 cm³/mol. The summed E-state index contributed by atoms with van der Waals surface area (Å²) in [6.07, 6.45) is 11.3. The molecule has 2 aromatic heterocycles. The number of hydrogen-bond acceptors (Lipinski definition) is 7. The number of benzene rings is 2. The summed E-state index contributed by atoms with van der Waals surface area (Å²) < 4.78 is 0. The van der Waals surface area contributed by atoms with E-state index in [0.29, 0.717) is 37.0 Å². The first kappa shape index (κ1) is 39.9. The van der Waals surface area contributed by atoms with E-state index in [1.54, 1.807) is 35.8 Å². The summed E-state index contributed by atoms with van der Waals surface area (Å²) in [5.74, 6) is 15.3. The third-order valence-electron chi connectivity index (χ3n) is 14.6. The van der Waals surface area contributed by atoms with Crippen LogP contribution >= 0.6 is 22.7 Å². The number of Topliss-reactive ketones (excluding diaryl/α,β-unsaturated/α-hetero) is 1. The lowest BCUT2D eigenvalue weighted by molar-refractivity contribution is 0.0337. The lowest BCUT2D eigenvalue weighted by Gasteiger charge is -2.47. The molecule has 3 heterocycles. The third-order valence-corrected chi connectivity index (χ3v) is 16.9. The van der Waals surface area contributed by atoms with Gasteiger partial charge >= 0.3 is 0 Å². The number of aliphatic hydroxyl groups is 1. The summed E-state index contributed by atoms with van der Waals surface area (Å²) in [5, 5.41) is 30.1. The molecule has 9 rings (SSSR count). The number of nitrogens with one attached hydrogen (secondary N) is 2. The monoisotopic (exact) mass is 824 g/mol. The molecule has 306 valence electrons. The van der Waals surface area contributed by atoms with Crippen molar-refractivity contribution in [3.63, 3.8) is 0 Å². The first-order valence-electron chi connectivity index (χ1n) is 21.5. The average molecular weight is 825 g/mol. The van der Waals surface area contributed by atoms with Crippen LogP contribution in [0.4, 0.5) is 5.69 Å². The minimum absolute atomic E-state index is 0.0680. The molecule has 4 aliphatic carbocycles. The fraction of sp³-hybridized carbons (Fsp3) is 0.480. The van der Waals surface area contributed by atoms with Crippen LogP contribution < -0.4 is 16.4 Å². The van der Waals surface area contributed by atoms with Gasteiger partial charge < -0.3 is 26.6 Å². The van der Waals surface area contributed by atoms with Gasteiger partial charge in [-0.15, -0.1) is 28.6 Å². The minimum Gasteiger partial charge on any atom is -0.508 e. The van der Waals surface area contributed by atoms with E-state index >= 15 is 4.79 Å². The smallest absolute Gasteiger partial charge is 0.188 e. The van der Waals surface area contributed by atoms with Crippen molar-refractivity contribution in [2.45, 2.75) is 103 Å². The molecule has 1 aliphatic heterocycles. The highest BCUT2D eigenvalue weighted by molar-refractivity contribution is 7.23. The Balaban J connectivity index is 1.19. The number of β-amino-alcohol motifs (C(OH)–C–C–N with tert-alkyl or cyclic N) is 1. The topological polar surface area (TPSA) is 120 Å². The highest BCUT2D eigenvalue weighted by atomic mass is 32.1. The Labute approximate surface area is 357 Å². The fourth-order valence-corrected chi connectivity index (χ4v) is 14.1. The van der Waals surface area contributed by atoms with Crippen LogP contribution in [0, 0.1) is 58.2 Å². The largest absolute Gasteiger partial charge is 0.508 e. The van der Waals surface area contributed by atoms with Crippen molar-refractivity contribution in [1.29, 1.82) is 0 Å². The normalized spacial score (nSPS) is 29.6. The number of anilines is 1. The first-order chi connectivity index (χ1) is 28.4. The van der Waals surface area contributed by atoms with Crippen LogP contribution in [0.3, 0.4) is 0 Å². The summed E-state index contributed by atoms with van der Waals surface area (Å²) >= 11 is 3.32. The Hall–Kier alpha value is -4.54. The van der Waals surface area contributed by atoms with Gasteiger partial charge in [-0.1, -0.05) is 54.9 Å². The van der Waals surface area contributed by atoms with E-state index in [1.165, 1.54) is 31.2 Å². The van der Waals surface area contributed by atoms with Crippen molar-refractivity contribution in [3.05, 3.63) is 92.7 Å². The molecule has 0 saturated heterocycles. The Morgan fingerprint density at radius 3 is 2.61 bits per heavy atom. The Bertz CT molecular complexity index is 2420. The Morgan fingerprint density at radius 1 is 1.00 bits per heavy atom. The minimum atomic E-state index is -1.04. The number of aromatic hydroxyl groups is 1. The first-order valence-corrected chi connectivity index (χ1v) is 23.2. The summed E-state index contributed by atoms with van der Waals surface area (Å²) in [4.78, 5) is 23.8.